The molecule has 0 radical (unpaired) electrons. The average molecular weight is 200 g/mol. The molecule has 0 spiro atoms. The first-order valence-corrected chi connectivity index (χ1v) is 6.20. The SMILES string of the molecule is CCCCN(CCNCC)C(C)CC. The quantitative estimate of drug-likeness (QED) is 0.575. The van der Waals surface area contributed by atoms with Crippen molar-refractivity contribution in [2.24, 2.45) is 0 Å². The zero-order valence-corrected chi connectivity index (χ0v) is 10.5. The number of likely N-dealkylation sites (N-methyl/N-ethyl adjacent to an activating group) is 1. The summed E-state index contributed by atoms with van der Waals surface area (Å²) in [6, 6.07) is 0.736. The lowest BCUT2D eigenvalue weighted by atomic mass is 10.2. The summed E-state index contributed by atoms with van der Waals surface area (Å²) >= 11 is 0. The van der Waals surface area contributed by atoms with Crippen molar-refractivity contribution in [3.8, 4) is 0 Å². The summed E-state index contributed by atoms with van der Waals surface area (Å²) < 4.78 is 0. The fourth-order valence-electron chi connectivity index (χ4n) is 1.57. The van der Waals surface area contributed by atoms with Gasteiger partial charge in [-0.1, -0.05) is 27.2 Å². The molecule has 0 aliphatic heterocycles. The first kappa shape index (κ1) is 13.9. The van der Waals surface area contributed by atoms with Crippen LogP contribution >= 0.6 is 0 Å². The first-order valence-electron chi connectivity index (χ1n) is 6.20. The van der Waals surface area contributed by atoms with Gasteiger partial charge in [-0.25, -0.2) is 0 Å². The van der Waals surface area contributed by atoms with Crippen LogP contribution in [-0.4, -0.2) is 37.1 Å². The second-order valence-corrected chi connectivity index (χ2v) is 4.00. The fraction of sp³-hybridized carbons (Fsp3) is 1.00. The molecule has 0 saturated carbocycles. The van der Waals surface area contributed by atoms with Gasteiger partial charge in [0.15, 0.2) is 0 Å². The molecule has 2 nitrogen and oxygen atoms in total. The number of unbranched alkanes of at least 4 members (excludes halogenated alkanes) is 1. The van der Waals surface area contributed by atoms with E-state index in [1.165, 1.54) is 32.4 Å². The van der Waals surface area contributed by atoms with Crippen molar-refractivity contribution in [3.63, 3.8) is 0 Å². The number of hydrogen-bond donors (Lipinski definition) is 1. The Hall–Kier alpha value is -0.0800. The van der Waals surface area contributed by atoms with E-state index < -0.39 is 0 Å². The minimum Gasteiger partial charge on any atom is -0.316 e. The van der Waals surface area contributed by atoms with Gasteiger partial charge in [-0.05, 0) is 32.9 Å². The molecular formula is C12H28N2. The van der Waals surface area contributed by atoms with Gasteiger partial charge in [0.1, 0.15) is 0 Å². The summed E-state index contributed by atoms with van der Waals surface area (Å²) in [6.45, 7) is 13.7. The van der Waals surface area contributed by atoms with Crippen LogP contribution in [0.25, 0.3) is 0 Å². The maximum absolute atomic E-state index is 3.39. The third-order valence-corrected chi connectivity index (χ3v) is 2.84. The molecule has 0 aromatic rings. The second-order valence-electron chi connectivity index (χ2n) is 4.00. The molecule has 0 amide bonds. The Kier molecular flexibility index (Phi) is 9.42. The van der Waals surface area contributed by atoms with Gasteiger partial charge in [-0.15, -0.1) is 0 Å². The van der Waals surface area contributed by atoms with Crippen LogP contribution in [0.1, 0.15) is 47.0 Å². The third-order valence-electron chi connectivity index (χ3n) is 2.84. The molecule has 0 bridgehead atoms. The van der Waals surface area contributed by atoms with Gasteiger partial charge >= 0.3 is 0 Å². The highest BCUT2D eigenvalue weighted by atomic mass is 15.2. The molecule has 86 valence electrons. The van der Waals surface area contributed by atoms with E-state index in [9.17, 15) is 0 Å². The number of rotatable bonds is 9. The third kappa shape index (κ3) is 6.39. The van der Waals surface area contributed by atoms with Crippen LogP contribution in [0.5, 0.6) is 0 Å². The highest BCUT2D eigenvalue weighted by molar-refractivity contribution is 4.66. The molecule has 0 heterocycles. The average Bonchev–Trinajstić information content (AvgIpc) is 2.22. The van der Waals surface area contributed by atoms with Crippen molar-refractivity contribution in [3.05, 3.63) is 0 Å². The maximum Gasteiger partial charge on any atom is 0.0110 e. The van der Waals surface area contributed by atoms with Gasteiger partial charge in [-0.3, -0.25) is 4.90 Å². The van der Waals surface area contributed by atoms with Gasteiger partial charge in [0.05, 0.1) is 0 Å². The summed E-state index contributed by atoms with van der Waals surface area (Å²) in [4.78, 5) is 2.60. The van der Waals surface area contributed by atoms with Crippen molar-refractivity contribution in [1.29, 1.82) is 0 Å². The maximum atomic E-state index is 3.39. The van der Waals surface area contributed by atoms with Gasteiger partial charge in [0.25, 0.3) is 0 Å². The zero-order chi connectivity index (χ0) is 10.8. The minimum absolute atomic E-state index is 0.736. The normalized spacial score (nSPS) is 13.5. The first-order chi connectivity index (χ1) is 6.76. The largest absolute Gasteiger partial charge is 0.316 e. The summed E-state index contributed by atoms with van der Waals surface area (Å²) in [6.07, 6.45) is 3.89. The summed E-state index contributed by atoms with van der Waals surface area (Å²) in [7, 11) is 0. The van der Waals surface area contributed by atoms with Crippen molar-refractivity contribution >= 4 is 0 Å². The van der Waals surface area contributed by atoms with Crippen LogP contribution in [0.15, 0.2) is 0 Å². The highest BCUT2D eigenvalue weighted by Gasteiger charge is 2.10. The predicted octanol–water partition coefficient (Wildman–Crippen LogP) is 2.50. The minimum atomic E-state index is 0.736. The Bertz CT molecular complexity index is 115. The second kappa shape index (κ2) is 9.47. The van der Waals surface area contributed by atoms with Crippen molar-refractivity contribution in [2.75, 3.05) is 26.2 Å². The van der Waals surface area contributed by atoms with E-state index in [0.717, 1.165) is 19.1 Å². The molecular weight excluding hydrogens is 172 g/mol. The Labute approximate surface area is 90.1 Å². The van der Waals surface area contributed by atoms with E-state index >= 15 is 0 Å². The van der Waals surface area contributed by atoms with E-state index in [0.29, 0.717) is 0 Å². The molecule has 1 unspecified atom stereocenters. The molecule has 1 atom stereocenters. The van der Waals surface area contributed by atoms with E-state index in [2.05, 4.69) is 37.9 Å². The standard InChI is InChI=1S/C12H28N2/c1-5-8-10-14(12(4)6-2)11-9-13-7-3/h12-13H,5-11H2,1-4H3. The topological polar surface area (TPSA) is 15.3 Å². The van der Waals surface area contributed by atoms with Crippen LogP contribution < -0.4 is 5.32 Å². The molecule has 0 rings (SSSR count). The Morgan fingerprint density at radius 2 is 1.86 bits per heavy atom. The van der Waals surface area contributed by atoms with E-state index in [1.54, 1.807) is 0 Å². The van der Waals surface area contributed by atoms with Crippen LogP contribution in [-0.2, 0) is 0 Å². The number of hydrogen-bond acceptors (Lipinski definition) is 2. The van der Waals surface area contributed by atoms with Crippen molar-refractivity contribution in [1.82, 2.24) is 10.2 Å². The monoisotopic (exact) mass is 200 g/mol. The molecule has 14 heavy (non-hydrogen) atoms. The smallest absolute Gasteiger partial charge is 0.0110 e. The fourth-order valence-corrected chi connectivity index (χ4v) is 1.57. The Balaban J connectivity index is 3.72. The molecule has 0 aliphatic rings. The summed E-state index contributed by atoms with van der Waals surface area (Å²) in [5.41, 5.74) is 0. The lowest BCUT2D eigenvalue weighted by Gasteiger charge is -2.28. The van der Waals surface area contributed by atoms with Crippen LogP contribution in [0, 0.1) is 0 Å². The molecule has 0 aromatic carbocycles. The van der Waals surface area contributed by atoms with Crippen LogP contribution in [0.2, 0.25) is 0 Å². The van der Waals surface area contributed by atoms with Gasteiger partial charge in [-0.2, -0.15) is 0 Å². The lowest BCUT2D eigenvalue weighted by molar-refractivity contribution is 0.202. The van der Waals surface area contributed by atoms with Crippen molar-refractivity contribution < 1.29 is 0 Å². The molecule has 0 fully saturated rings. The van der Waals surface area contributed by atoms with Crippen molar-refractivity contribution in [2.45, 2.75) is 53.0 Å². The number of nitrogens with zero attached hydrogens (tertiary/aromatic N) is 1. The van der Waals surface area contributed by atoms with Gasteiger partial charge in [0, 0.05) is 19.1 Å². The van der Waals surface area contributed by atoms with E-state index in [4.69, 9.17) is 0 Å². The molecule has 1 N–H and O–H groups in total. The molecule has 2 heteroatoms. The van der Waals surface area contributed by atoms with Gasteiger partial charge < -0.3 is 5.32 Å². The Morgan fingerprint density at radius 1 is 1.14 bits per heavy atom. The van der Waals surface area contributed by atoms with E-state index in [-0.39, 0.29) is 0 Å². The molecule has 0 aliphatic carbocycles. The molecule has 0 aromatic heterocycles. The van der Waals surface area contributed by atoms with Crippen LogP contribution in [0.4, 0.5) is 0 Å². The predicted molar refractivity (Wildman–Crippen MR) is 64.8 cm³/mol. The van der Waals surface area contributed by atoms with Gasteiger partial charge in [0.2, 0.25) is 0 Å². The summed E-state index contributed by atoms with van der Waals surface area (Å²) in [5.74, 6) is 0. The summed E-state index contributed by atoms with van der Waals surface area (Å²) in [5, 5.41) is 3.39. The Morgan fingerprint density at radius 3 is 2.36 bits per heavy atom. The number of nitrogens with one attached hydrogen (secondary N) is 1. The highest BCUT2D eigenvalue weighted by Crippen LogP contribution is 2.04. The lowest BCUT2D eigenvalue weighted by Crippen LogP contribution is -2.38. The zero-order valence-electron chi connectivity index (χ0n) is 10.5. The van der Waals surface area contributed by atoms with E-state index in [1.807, 2.05) is 0 Å². The molecule has 0 saturated heterocycles. The van der Waals surface area contributed by atoms with Crippen LogP contribution in [0.3, 0.4) is 0 Å².